The molecule has 10 nitrogen and oxygen atoms in total. The Morgan fingerprint density at radius 1 is 0.793 bits per heavy atom. The van der Waals surface area contributed by atoms with Gasteiger partial charge in [-0.05, 0) is 85.6 Å². The lowest BCUT2D eigenvalue weighted by Gasteiger charge is -2.37. The average molecular weight is 777 g/mol. The molecule has 0 atom stereocenters. The van der Waals surface area contributed by atoms with Gasteiger partial charge < -0.3 is 25.6 Å². The molecule has 2 aromatic heterocycles. The molecule has 3 N–H and O–H groups in total. The monoisotopic (exact) mass is 776 g/mol. The van der Waals surface area contributed by atoms with Gasteiger partial charge in [-0.25, -0.2) is 14.1 Å². The third kappa shape index (κ3) is 8.69. The van der Waals surface area contributed by atoms with E-state index >= 15 is 4.39 Å². The lowest BCUT2D eigenvalue weighted by atomic mass is 9.77. The molecule has 0 aliphatic heterocycles. The Bertz CT molecular complexity index is 2310. The number of hydrogen-bond acceptors (Lipinski definition) is 8. The van der Waals surface area contributed by atoms with Gasteiger partial charge in [-0.2, -0.15) is 10.1 Å². The molecule has 0 bridgehead atoms. The summed E-state index contributed by atoms with van der Waals surface area (Å²) < 4.78 is 22.9. The molecule has 5 aromatic carbocycles. The number of fused-ring (bicyclic) bond motifs is 1. The summed E-state index contributed by atoms with van der Waals surface area (Å²) in [4.78, 5) is 24.9. The van der Waals surface area contributed by atoms with E-state index < -0.39 is 11.4 Å². The van der Waals surface area contributed by atoms with E-state index in [0.717, 1.165) is 59.6 Å². The summed E-state index contributed by atoms with van der Waals surface area (Å²) in [5.74, 6) is 0.635. The second kappa shape index (κ2) is 18.6. The van der Waals surface area contributed by atoms with Gasteiger partial charge in [0.1, 0.15) is 11.3 Å². The minimum atomic E-state index is -0.959. The number of benzene rings is 5. The maximum absolute atomic E-state index is 15.3. The Labute approximate surface area is 339 Å². The Morgan fingerprint density at radius 3 is 2.00 bits per heavy atom. The van der Waals surface area contributed by atoms with Crippen LogP contribution in [-0.4, -0.2) is 63.3 Å². The highest BCUT2D eigenvalue weighted by molar-refractivity contribution is 6.02. The zero-order valence-electron chi connectivity index (χ0n) is 33.2. The third-order valence-electron chi connectivity index (χ3n) is 10.3. The normalized spacial score (nSPS) is 11.5. The molecule has 1 amide bonds. The van der Waals surface area contributed by atoms with Crippen molar-refractivity contribution in [3.63, 3.8) is 0 Å². The summed E-state index contributed by atoms with van der Waals surface area (Å²) in [7, 11) is 0. The van der Waals surface area contributed by atoms with E-state index in [9.17, 15) is 4.79 Å². The maximum Gasteiger partial charge on any atom is 0.230 e. The summed E-state index contributed by atoms with van der Waals surface area (Å²) in [6.45, 7) is 10.4. The number of aromatic nitrogens is 4. The van der Waals surface area contributed by atoms with Crippen molar-refractivity contribution in [2.45, 2.75) is 39.2 Å². The molecule has 296 valence electrons. The van der Waals surface area contributed by atoms with Crippen molar-refractivity contribution in [1.29, 1.82) is 0 Å². The molecule has 0 saturated heterocycles. The SMILES string of the molecule is CCOc1ccc(CC(=O)Nc2nn(C(c3ccccc3)(c3ccccc3)c3ccccc3)c3ccc(Nc4nc(NCCCN(CC)CC)ncc4F)cc23)cc1. The lowest BCUT2D eigenvalue weighted by Crippen LogP contribution is -2.38. The molecule has 0 spiro atoms. The zero-order chi connectivity index (χ0) is 40.3. The molecule has 0 saturated carbocycles. The Balaban J connectivity index is 1.31. The predicted octanol–water partition coefficient (Wildman–Crippen LogP) is 9.27. The van der Waals surface area contributed by atoms with E-state index in [-0.39, 0.29) is 18.1 Å². The van der Waals surface area contributed by atoms with Gasteiger partial charge in [0.05, 0.1) is 24.7 Å². The van der Waals surface area contributed by atoms with Gasteiger partial charge in [0.15, 0.2) is 17.5 Å². The Kier molecular flexibility index (Phi) is 12.7. The Hall–Kier alpha value is -6.59. The van der Waals surface area contributed by atoms with Crippen molar-refractivity contribution in [3.8, 4) is 5.75 Å². The van der Waals surface area contributed by atoms with Gasteiger partial charge in [0, 0.05) is 17.6 Å². The number of ether oxygens (including phenoxy) is 1. The van der Waals surface area contributed by atoms with Crippen LogP contribution in [0.25, 0.3) is 10.9 Å². The van der Waals surface area contributed by atoms with Crippen LogP contribution < -0.4 is 20.7 Å². The van der Waals surface area contributed by atoms with Gasteiger partial charge in [-0.3, -0.25) is 4.79 Å². The molecule has 11 heteroatoms. The average Bonchev–Trinajstić information content (AvgIpc) is 3.61. The summed E-state index contributed by atoms with van der Waals surface area (Å²) in [5, 5.41) is 15.5. The topological polar surface area (TPSA) is 109 Å². The van der Waals surface area contributed by atoms with E-state index in [2.05, 4.69) is 81.1 Å². The highest BCUT2D eigenvalue weighted by atomic mass is 19.1. The van der Waals surface area contributed by atoms with Crippen LogP contribution in [0, 0.1) is 5.82 Å². The van der Waals surface area contributed by atoms with Gasteiger partial charge in [0.2, 0.25) is 11.9 Å². The minimum Gasteiger partial charge on any atom is -0.494 e. The van der Waals surface area contributed by atoms with E-state index in [1.165, 1.54) is 6.20 Å². The standard InChI is InChI=1S/C47H49FN8O2/c1-4-55(5-2)30-16-29-49-46-50-33-41(48)45(53-46)51-38-25-28-42-40(32-38)44(52-43(57)31-34-23-26-39(27-24-34)58-6-3)54-56(42)47(35-17-10-7-11-18-35,36-19-12-8-13-20-36)37-21-14-9-15-22-37/h7-15,17-28,32-33H,4-6,16,29-31H2,1-3H3,(H,52,54,57)(H2,49,50,51,53). The molecule has 7 rings (SSSR count). The smallest absolute Gasteiger partial charge is 0.230 e. The molecular weight excluding hydrogens is 728 g/mol. The Morgan fingerprint density at radius 2 is 1.41 bits per heavy atom. The first-order chi connectivity index (χ1) is 28.4. The maximum atomic E-state index is 15.3. The predicted molar refractivity (Wildman–Crippen MR) is 230 cm³/mol. The first-order valence-electron chi connectivity index (χ1n) is 19.9. The number of halogens is 1. The molecule has 0 aliphatic rings. The highest BCUT2D eigenvalue weighted by Crippen LogP contribution is 2.44. The quantitative estimate of drug-likeness (QED) is 0.0585. The van der Waals surface area contributed by atoms with Gasteiger partial charge in [0.25, 0.3) is 0 Å². The molecule has 58 heavy (non-hydrogen) atoms. The second-order valence-electron chi connectivity index (χ2n) is 13.9. The molecule has 0 aliphatic carbocycles. The third-order valence-corrected chi connectivity index (χ3v) is 10.3. The van der Waals surface area contributed by atoms with Crippen LogP contribution in [0.1, 0.15) is 49.4 Å². The van der Waals surface area contributed by atoms with Crippen LogP contribution in [-0.2, 0) is 16.8 Å². The van der Waals surface area contributed by atoms with E-state index in [1.807, 2.05) is 109 Å². The summed E-state index contributed by atoms with van der Waals surface area (Å²) in [6, 6.07) is 43.9. The molecule has 0 unspecified atom stereocenters. The molecule has 0 radical (unpaired) electrons. The first-order valence-corrected chi connectivity index (χ1v) is 19.9. The number of rotatable bonds is 18. The number of hydrogen-bond donors (Lipinski definition) is 3. The van der Waals surface area contributed by atoms with Crippen molar-refractivity contribution in [2.24, 2.45) is 0 Å². The fourth-order valence-electron chi connectivity index (χ4n) is 7.40. The largest absolute Gasteiger partial charge is 0.494 e. The van der Waals surface area contributed by atoms with Gasteiger partial charge >= 0.3 is 0 Å². The van der Waals surface area contributed by atoms with Crippen LogP contribution in [0.2, 0.25) is 0 Å². The number of amides is 1. The number of carbonyl (C=O) groups excluding carboxylic acids is 1. The minimum absolute atomic E-state index is 0.0290. The van der Waals surface area contributed by atoms with Crippen LogP contribution in [0.4, 0.5) is 27.7 Å². The second-order valence-corrected chi connectivity index (χ2v) is 13.9. The van der Waals surface area contributed by atoms with Crippen molar-refractivity contribution in [2.75, 3.05) is 48.7 Å². The lowest BCUT2D eigenvalue weighted by molar-refractivity contribution is -0.115. The van der Waals surface area contributed by atoms with E-state index in [0.29, 0.717) is 36.0 Å². The van der Waals surface area contributed by atoms with Crippen molar-refractivity contribution in [3.05, 3.63) is 168 Å². The highest BCUT2D eigenvalue weighted by Gasteiger charge is 2.41. The van der Waals surface area contributed by atoms with Crippen LogP contribution in [0.3, 0.4) is 0 Å². The van der Waals surface area contributed by atoms with Gasteiger partial charge in [-0.15, -0.1) is 0 Å². The van der Waals surface area contributed by atoms with Crippen LogP contribution in [0.5, 0.6) is 5.75 Å². The van der Waals surface area contributed by atoms with Crippen LogP contribution >= 0.6 is 0 Å². The summed E-state index contributed by atoms with van der Waals surface area (Å²) in [5.41, 5.74) is 4.11. The van der Waals surface area contributed by atoms with Gasteiger partial charge in [-0.1, -0.05) is 117 Å². The summed E-state index contributed by atoms with van der Waals surface area (Å²) >= 11 is 0. The van der Waals surface area contributed by atoms with E-state index in [4.69, 9.17) is 9.84 Å². The number of anilines is 4. The number of nitrogens with zero attached hydrogens (tertiary/aromatic N) is 5. The fraction of sp³-hybridized carbons (Fsp3) is 0.234. The molecule has 7 aromatic rings. The fourth-order valence-corrected chi connectivity index (χ4v) is 7.40. The van der Waals surface area contributed by atoms with Crippen molar-refractivity contribution >= 4 is 40.1 Å². The molecular formula is C47H49FN8O2. The number of nitrogens with one attached hydrogen (secondary N) is 3. The molecule has 2 heterocycles. The van der Waals surface area contributed by atoms with Crippen molar-refractivity contribution in [1.82, 2.24) is 24.6 Å². The van der Waals surface area contributed by atoms with E-state index in [1.54, 1.807) is 0 Å². The zero-order valence-corrected chi connectivity index (χ0v) is 33.2. The first kappa shape index (κ1) is 39.6. The molecule has 0 fully saturated rings. The number of carbonyl (C=O) groups is 1. The summed E-state index contributed by atoms with van der Waals surface area (Å²) in [6.07, 6.45) is 2.19. The van der Waals surface area contributed by atoms with Crippen LogP contribution in [0.15, 0.2) is 140 Å². The van der Waals surface area contributed by atoms with Crippen molar-refractivity contribution < 1.29 is 13.9 Å².